The van der Waals surface area contributed by atoms with E-state index >= 15 is 0 Å². The summed E-state index contributed by atoms with van der Waals surface area (Å²) in [5.41, 5.74) is 0.402. The molecule has 0 radical (unpaired) electrons. The molecule has 0 aliphatic heterocycles. The SMILES string of the molecule is COc1cccc(C(=O)NCCS(N)(=O)=O)c1. The first-order valence-electron chi connectivity index (χ1n) is 4.85. The first-order valence-corrected chi connectivity index (χ1v) is 6.56. The van der Waals surface area contributed by atoms with E-state index in [0.29, 0.717) is 11.3 Å². The van der Waals surface area contributed by atoms with Gasteiger partial charge in [-0.15, -0.1) is 0 Å². The molecule has 0 atom stereocenters. The number of carbonyl (C=O) groups excluding carboxylic acids is 1. The number of carbonyl (C=O) groups is 1. The van der Waals surface area contributed by atoms with Gasteiger partial charge in [0, 0.05) is 12.1 Å². The van der Waals surface area contributed by atoms with E-state index in [1.807, 2.05) is 0 Å². The number of ether oxygens (including phenoxy) is 1. The van der Waals surface area contributed by atoms with Crippen LogP contribution in [0.2, 0.25) is 0 Å². The van der Waals surface area contributed by atoms with E-state index in [4.69, 9.17) is 9.88 Å². The van der Waals surface area contributed by atoms with E-state index in [2.05, 4.69) is 5.32 Å². The molecule has 1 aromatic carbocycles. The highest BCUT2D eigenvalue weighted by molar-refractivity contribution is 7.89. The van der Waals surface area contributed by atoms with Crippen molar-refractivity contribution in [1.82, 2.24) is 5.32 Å². The van der Waals surface area contributed by atoms with Gasteiger partial charge in [-0.05, 0) is 18.2 Å². The molecule has 3 N–H and O–H groups in total. The van der Waals surface area contributed by atoms with Crippen LogP contribution in [-0.4, -0.2) is 33.7 Å². The van der Waals surface area contributed by atoms with Gasteiger partial charge in [0.25, 0.3) is 5.91 Å². The Kier molecular flexibility index (Phi) is 4.47. The van der Waals surface area contributed by atoms with Crippen molar-refractivity contribution in [2.45, 2.75) is 0 Å². The summed E-state index contributed by atoms with van der Waals surface area (Å²) in [6.07, 6.45) is 0. The van der Waals surface area contributed by atoms with Crippen molar-refractivity contribution >= 4 is 15.9 Å². The van der Waals surface area contributed by atoms with Gasteiger partial charge in [0.1, 0.15) is 5.75 Å². The third-order valence-electron chi connectivity index (χ3n) is 2.00. The molecule has 1 rings (SSSR count). The number of hydrogen-bond donors (Lipinski definition) is 2. The average molecular weight is 258 g/mol. The Bertz CT molecular complexity index is 499. The molecule has 17 heavy (non-hydrogen) atoms. The lowest BCUT2D eigenvalue weighted by atomic mass is 10.2. The molecule has 1 aromatic rings. The van der Waals surface area contributed by atoms with E-state index in [1.165, 1.54) is 7.11 Å². The van der Waals surface area contributed by atoms with Crippen LogP contribution in [0.5, 0.6) is 5.75 Å². The maximum Gasteiger partial charge on any atom is 0.251 e. The fourth-order valence-electron chi connectivity index (χ4n) is 1.17. The van der Waals surface area contributed by atoms with Crippen LogP contribution >= 0.6 is 0 Å². The molecule has 0 heterocycles. The molecule has 0 bridgehead atoms. The van der Waals surface area contributed by atoms with Crippen LogP contribution in [0, 0.1) is 0 Å². The highest BCUT2D eigenvalue weighted by atomic mass is 32.2. The molecule has 0 unspecified atom stereocenters. The summed E-state index contributed by atoms with van der Waals surface area (Å²) in [7, 11) is -2.06. The molecular formula is C10H14N2O4S. The van der Waals surface area contributed by atoms with Crippen LogP contribution in [-0.2, 0) is 10.0 Å². The molecule has 1 amide bonds. The van der Waals surface area contributed by atoms with Crippen LogP contribution in [0.25, 0.3) is 0 Å². The zero-order chi connectivity index (χ0) is 12.9. The Hall–Kier alpha value is -1.60. The molecule has 94 valence electrons. The summed E-state index contributed by atoms with van der Waals surface area (Å²) in [6.45, 7) is -0.0190. The van der Waals surface area contributed by atoms with Crippen LogP contribution in [0.4, 0.5) is 0 Å². The van der Waals surface area contributed by atoms with Crippen LogP contribution in [0.1, 0.15) is 10.4 Å². The minimum atomic E-state index is -3.55. The van der Waals surface area contributed by atoms with Gasteiger partial charge in [0.05, 0.1) is 12.9 Å². The first-order chi connectivity index (χ1) is 7.92. The highest BCUT2D eigenvalue weighted by Crippen LogP contribution is 2.12. The minimum absolute atomic E-state index is 0.0190. The molecule has 0 saturated carbocycles. The second-order valence-corrected chi connectivity index (χ2v) is 5.09. The fourth-order valence-corrected chi connectivity index (χ4v) is 1.56. The van der Waals surface area contributed by atoms with Gasteiger partial charge in [-0.25, -0.2) is 13.6 Å². The molecule has 7 heteroatoms. The van der Waals surface area contributed by atoms with Crippen molar-refractivity contribution in [3.05, 3.63) is 29.8 Å². The number of nitrogens with two attached hydrogens (primary N) is 1. The summed E-state index contributed by atoms with van der Waals surface area (Å²) in [5, 5.41) is 7.26. The third-order valence-corrected chi connectivity index (χ3v) is 2.78. The van der Waals surface area contributed by atoms with E-state index in [0.717, 1.165) is 0 Å². The zero-order valence-electron chi connectivity index (χ0n) is 9.34. The van der Waals surface area contributed by atoms with Gasteiger partial charge in [0.2, 0.25) is 10.0 Å². The Labute approximate surface area is 99.8 Å². The van der Waals surface area contributed by atoms with E-state index in [-0.39, 0.29) is 18.2 Å². The Balaban J connectivity index is 2.58. The molecule has 0 spiro atoms. The molecular weight excluding hydrogens is 244 g/mol. The number of sulfonamides is 1. The van der Waals surface area contributed by atoms with Gasteiger partial charge >= 0.3 is 0 Å². The maximum absolute atomic E-state index is 11.6. The fraction of sp³-hybridized carbons (Fsp3) is 0.300. The van der Waals surface area contributed by atoms with Gasteiger partial charge in [-0.1, -0.05) is 6.07 Å². The van der Waals surface area contributed by atoms with E-state index < -0.39 is 10.0 Å². The number of nitrogens with one attached hydrogen (secondary N) is 1. The van der Waals surface area contributed by atoms with Gasteiger partial charge in [-0.2, -0.15) is 0 Å². The second kappa shape index (κ2) is 5.65. The topological polar surface area (TPSA) is 98.5 Å². The van der Waals surface area contributed by atoms with Gasteiger partial charge < -0.3 is 10.1 Å². The standard InChI is InChI=1S/C10H14N2O4S/c1-16-9-4-2-3-8(7-9)10(13)12-5-6-17(11,14)15/h2-4,7H,5-6H2,1H3,(H,12,13)(H2,11,14,15). The molecule has 0 saturated heterocycles. The number of amides is 1. The molecule has 0 aliphatic rings. The maximum atomic E-state index is 11.6. The largest absolute Gasteiger partial charge is 0.497 e. The lowest BCUT2D eigenvalue weighted by Gasteiger charge is -2.05. The quantitative estimate of drug-likeness (QED) is 0.758. The normalized spacial score (nSPS) is 10.9. The second-order valence-electron chi connectivity index (χ2n) is 3.35. The molecule has 0 aliphatic carbocycles. The van der Waals surface area contributed by atoms with Crippen molar-refractivity contribution in [3.8, 4) is 5.75 Å². The Morgan fingerprint density at radius 2 is 2.18 bits per heavy atom. The summed E-state index contributed by atoms with van der Waals surface area (Å²) in [4.78, 5) is 11.6. The number of hydrogen-bond acceptors (Lipinski definition) is 4. The van der Waals surface area contributed by atoms with Crippen molar-refractivity contribution in [1.29, 1.82) is 0 Å². The number of rotatable bonds is 5. The van der Waals surface area contributed by atoms with Crippen molar-refractivity contribution < 1.29 is 17.9 Å². The molecule has 0 aromatic heterocycles. The summed E-state index contributed by atoms with van der Waals surface area (Å²) >= 11 is 0. The number of primary sulfonamides is 1. The predicted molar refractivity (Wildman–Crippen MR) is 63.3 cm³/mol. The lowest BCUT2D eigenvalue weighted by Crippen LogP contribution is -2.31. The predicted octanol–water partition coefficient (Wildman–Crippen LogP) is -0.286. The third kappa shape index (κ3) is 4.83. The highest BCUT2D eigenvalue weighted by Gasteiger charge is 2.08. The first kappa shape index (κ1) is 13.5. The van der Waals surface area contributed by atoms with Crippen LogP contribution in [0.15, 0.2) is 24.3 Å². The smallest absolute Gasteiger partial charge is 0.251 e. The number of methoxy groups -OCH3 is 1. The molecule has 0 fully saturated rings. The van der Waals surface area contributed by atoms with Crippen molar-refractivity contribution in [2.24, 2.45) is 5.14 Å². The summed E-state index contributed by atoms with van der Waals surface area (Å²) in [5.74, 6) is -0.0976. The summed E-state index contributed by atoms with van der Waals surface area (Å²) < 4.78 is 26.3. The van der Waals surface area contributed by atoms with Crippen molar-refractivity contribution in [2.75, 3.05) is 19.4 Å². The Morgan fingerprint density at radius 1 is 1.47 bits per heavy atom. The summed E-state index contributed by atoms with van der Waals surface area (Å²) in [6, 6.07) is 6.55. The zero-order valence-corrected chi connectivity index (χ0v) is 10.2. The van der Waals surface area contributed by atoms with Crippen LogP contribution in [0.3, 0.4) is 0 Å². The average Bonchev–Trinajstić information content (AvgIpc) is 2.27. The van der Waals surface area contributed by atoms with Crippen LogP contribution < -0.4 is 15.2 Å². The Morgan fingerprint density at radius 3 is 2.76 bits per heavy atom. The van der Waals surface area contributed by atoms with E-state index in [9.17, 15) is 13.2 Å². The minimum Gasteiger partial charge on any atom is -0.497 e. The monoisotopic (exact) mass is 258 g/mol. The lowest BCUT2D eigenvalue weighted by molar-refractivity contribution is 0.0956. The number of benzene rings is 1. The van der Waals surface area contributed by atoms with E-state index in [1.54, 1.807) is 24.3 Å². The van der Waals surface area contributed by atoms with Crippen molar-refractivity contribution in [3.63, 3.8) is 0 Å². The molecule has 6 nitrogen and oxygen atoms in total. The van der Waals surface area contributed by atoms with Gasteiger partial charge in [0.15, 0.2) is 0 Å². The van der Waals surface area contributed by atoms with Gasteiger partial charge in [-0.3, -0.25) is 4.79 Å².